The molecule has 2 heterocycles. The summed E-state index contributed by atoms with van der Waals surface area (Å²) in [4.78, 5) is 14.8. The van der Waals surface area contributed by atoms with Crippen LogP contribution in [0.5, 0.6) is 0 Å². The van der Waals surface area contributed by atoms with Gasteiger partial charge in [0, 0.05) is 19.0 Å². The molecule has 3 nitrogen and oxygen atoms in total. The smallest absolute Gasteiger partial charge is 0.226 e. The molecule has 3 heteroatoms. The maximum Gasteiger partial charge on any atom is 0.226 e. The van der Waals surface area contributed by atoms with Crippen LogP contribution in [0.2, 0.25) is 0 Å². The molecule has 1 N–H and O–H groups in total. The van der Waals surface area contributed by atoms with Crippen LogP contribution < -0.4 is 5.32 Å². The first-order valence-electron chi connectivity index (χ1n) is 7.81. The van der Waals surface area contributed by atoms with E-state index in [1.165, 1.54) is 51.4 Å². The highest BCUT2D eigenvalue weighted by molar-refractivity contribution is 5.82. The normalized spacial score (nSPS) is 31.8. The van der Waals surface area contributed by atoms with E-state index in [1.807, 2.05) is 0 Å². The van der Waals surface area contributed by atoms with Gasteiger partial charge in [-0.1, -0.05) is 19.3 Å². The van der Waals surface area contributed by atoms with Crippen LogP contribution in [-0.2, 0) is 4.79 Å². The number of hydrogen-bond donors (Lipinski definition) is 1. The number of nitrogens with one attached hydrogen (secondary N) is 1. The Balaban J connectivity index is 1.57. The van der Waals surface area contributed by atoms with Gasteiger partial charge in [-0.25, -0.2) is 0 Å². The molecule has 3 rings (SSSR count). The zero-order valence-electron chi connectivity index (χ0n) is 11.4. The molecule has 3 aliphatic rings. The highest BCUT2D eigenvalue weighted by Gasteiger charge is 2.58. The number of carbonyl (C=O) groups excluding carboxylic acids is 1. The zero-order chi connectivity index (χ0) is 12.4. The largest absolute Gasteiger partial charge is 0.342 e. The van der Waals surface area contributed by atoms with Crippen LogP contribution >= 0.6 is 0 Å². The summed E-state index contributed by atoms with van der Waals surface area (Å²) in [5.41, 5.74) is 0.407. The third-order valence-electron chi connectivity index (χ3n) is 5.25. The van der Waals surface area contributed by atoms with Gasteiger partial charge in [-0.3, -0.25) is 4.79 Å². The van der Waals surface area contributed by atoms with Gasteiger partial charge in [0.1, 0.15) is 0 Å². The van der Waals surface area contributed by atoms with Crippen molar-refractivity contribution < 1.29 is 4.79 Å². The minimum absolute atomic E-state index is 0.374. The van der Waals surface area contributed by atoms with Crippen molar-refractivity contribution in [1.29, 1.82) is 0 Å². The average molecular weight is 250 g/mol. The quantitative estimate of drug-likeness (QED) is 0.773. The summed E-state index contributed by atoms with van der Waals surface area (Å²) in [6, 6.07) is 0. The van der Waals surface area contributed by atoms with Crippen molar-refractivity contribution in [2.45, 2.75) is 51.4 Å². The second kappa shape index (κ2) is 5.20. The first-order valence-corrected chi connectivity index (χ1v) is 7.81. The first-order chi connectivity index (χ1) is 8.82. The highest BCUT2D eigenvalue weighted by Crippen LogP contribution is 2.59. The van der Waals surface area contributed by atoms with Crippen LogP contribution in [0.1, 0.15) is 51.4 Å². The van der Waals surface area contributed by atoms with Crippen molar-refractivity contribution in [2.75, 3.05) is 26.2 Å². The van der Waals surface area contributed by atoms with Gasteiger partial charge in [-0.15, -0.1) is 0 Å². The summed E-state index contributed by atoms with van der Waals surface area (Å²) in [5, 5.41) is 3.41. The molecule has 0 radical (unpaired) electrons. The van der Waals surface area contributed by atoms with Gasteiger partial charge >= 0.3 is 0 Å². The van der Waals surface area contributed by atoms with Gasteiger partial charge in [0.2, 0.25) is 5.91 Å². The standard InChI is InChI=1S/C15H26N2O/c18-14(17-10-4-2-1-3-5-11-17)13-12-15(13)6-8-16-9-7-15/h13,16H,1-12H2. The first kappa shape index (κ1) is 12.5. The predicted molar refractivity (Wildman–Crippen MR) is 72.3 cm³/mol. The van der Waals surface area contributed by atoms with Crippen molar-refractivity contribution in [3.8, 4) is 0 Å². The fourth-order valence-corrected chi connectivity index (χ4v) is 3.86. The van der Waals surface area contributed by atoms with E-state index >= 15 is 0 Å². The number of rotatable bonds is 1. The lowest BCUT2D eigenvalue weighted by Crippen LogP contribution is -2.38. The number of carbonyl (C=O) groups is 1. The molecule has 1 saturated carbocycles. The van der Waals surface area contributed by atoms with Crippen LogP contribution in [0, 0.1) is 11.3 Å². The van der Waals surface area contributed by atoms with E-state index < -0.39 is 0 Å². The second-order valence-corrected chi connectivity index (χ2v) is 6.46. The molecule has 0 aromatic heterocycles. The lowest BCUT2D eigenvalue weighted by atomic mass is 9.91. The van der Waals surface area contributed by atoms with Crippen LogP contribution in [0.15, 0.2) is 0 Å². The third-order valence-corrected chi connectivity index (χ3v) is 5.25. The van der Waals surface area contributed by atoms with Crippen molar-refractivity contribution >= 4 is 5.91 Å². The third kappa shape index (κ3) is 2.42. The maximum absolute atomic E-state index is 12.6. The van der Waals surface area contributed by atoms with Gasteiger partial charge < -0.3 is 10.2 Å². The molecule has 0 aromatic carbocycles. The number of amides is 1. The Morgan fingerprint density at radius 1 is 1.00 bits per heavy atom. The van der Waals surface area contributed by atoms with E-state index in [0.29, 0.717) is 17.2 Å². The van der Waals surface area contributed by atoms with Gasteiger partial charge in [0.05, 0.1) is 0 Å². The molecule has 1 spiro atoms. The lowest BCUT2D eigenvalue weighted by molar-refractivity contribution is -0.134. The highest BCUT2D eigenvalue weighted by atomic mass is 16.2. The molecular formula is C15H26N2O. The topological polar surface area (TPSA) is 32.3 Å². The molecule has 0 aromatic rings. The van der Waals surface area contributed by atoms with Crippen LogP contribution in [0.4, 0.5) is 0 Å². The predicted octanol–water partition coefficient (Wildman–Crippen LogP) is 2.17. The van der Waals surface area contributed by atoms with Crippen molar-refractivity contribution in [2.24, 2.45) is 11.3 Å². The van der Waals surface area contributed by atoms with Crippen LogP contribution in [0.3, 0.4) is 0 Å². The summed E-state index contributed by atoms with van der Waals surface area (Å²) in [7, 11) is 0. The SMILES string of the molecule is O=C(C1CC12CCNCC2)N1CCCCCCC1. The number of piperidine rings is 1. The van der Waals surface area contributed by atoms with Gasteiger partial charge in [-0.2, -0.15) is 0 Å². The minimum atomic E-state index is 0.374. The monoisotopic (exact) mass is 250 g/mol. The lowest BCUT2D eigenvalue weighted by Gasteiger charge is -2.28. The van der Waals surface area contributed by atoms with E-state index in [0.717, 1.165) is 26.2 Å². The van der Waals surface area contributed by atoms with Gasteiger partial charge in [0.15, 0.2) is 0 Å². The fraction of sp³-hybridized carbons (Fsp3) is 0.933. The molecular weight excluding hydrogens is 224 g/mol. The minimum Gasteiger partial charge on any atom is -0.342 e. The zero-order valence-corrected chi connectivity index (χ0v) is 11.4. The molecule has 1 aliphatic carbocycles. The Morgan fingerprint density at radius 2 is 1.61 bits per heavy atom. The molecule has 2 saturated heterocycles. The molecule has 2 aliphatic heterocycles. The maximum atomic E-state index is 12.6. The number of hydrogen-bond acceptors (Lipinski definition) is 2. The Hall–Kier alpha value is -0.570. The summed E-state index contributed by atoms with van der Waals surface area (Å²) in [5.74, 6) is 0.859. The van der Waals surface area contributed by atoms with Gasteiger partial charge in [0.25, 0.3) is 0 Å². The summed E-state index contributed by atoms with van der Waals surface area (Å²) < 4.78 is 0. The summed E-state index contributed by atoms with van der Waals surface area (Å²) >= 11 is 0. The van der Waals surface area contributed by atoms with Crippen molar-refractivity contribution in [1.82, 2.24) is 10.2 Å². The molecule has 1 atom stereocenters. The number of likely N-dealkylation sites (tertiary alicyclic amines) is 1. The Kier molecular flexibility index (Phi) is 3.60. The Morgan fingerprint density at radius 3 is 2.28 bits per heavy atom. The molecule has 0 bridgehead atoms. The van der Waals surface area contributed by atoms with Crippen molar-refractivity contribution in [3.63, 3.8) is 0 Å². The van der Waals surface area contributed by atoms with Crippen LogP contribution in [0.25, 0.3) is 0 Å². The Labute approximate surface area is 110 Å². The molecule has 102 valence electrons. The van der Waals surface area contributed by atoms with E-state index in [-0.39, 0.29) is 0 Å². The molecule has 1 unspecified atom stereocenters. The second-order valence-electron chi connectivity index (χ2n) is 6.46. The number of nitrogens with zero attached hydrogens (tertiary/aromatic N) is 1. The molecule has 3 fully saturated rings. The van der Waals surface area contributed by atoms with E-state index in [4.69, 9.17) is 0 Å². The average Bonchev–Trinajstić information content (AvgIpc) is 3.03. The van der Waals surface area contributed by atoms with Gasteiger partial charge in [-0.05, 0) is 50.6 Å². The molecule has 1 amide bonds. The van der Waals surface area contributed by atoms with Crippen LogP contribution in [-0.4, -0.2) is 37.0 Å². The van der Waals surface area contributed by atoms with Crippen molar-refractivity contribution in [3.05, 3.63) is 0 Å². The van der Waals surface area contributed by atoms with E-state index in [9.17, 15) is 4.79 Å². The molecule has 18 heavy (non-hydrogen) atoms. The summed E-state index contributed by atoms with van der Waals surface area (Å²) in [6.45, 7) is 4.26. The summed E-state index contributed by atoms with van der Waals surface area (Å²) in [6.07, 6.45) is 10.0. The Bertz CT molecular complexity index is 295. The fourth-order valence-electron chi connectivity index (χ4n) is 3.86. The van der Waals surface area contributed by atoms with E-state index in [2.05, 4.69) is 10.2 Å². The van der Waals surface area contributed by atoms with E-state index in [1.54, 1.807) is 0 Å².